The van der Waals surface area contributed by atoms with Crippen LogP contribution < -0.4 is 10.6 Å². The Balaban J connectivity index is 5.33. The summed E-state index contributed by atoms with van der Waals surface area (Å²) in [6.07, 6.45) is -1.11. The standard InChI is InChI=1S/C19H34N2O7/c1-8-26-14(22)11-10-13(17(24)27-9-2)20-16(23)15(12(3)4)21-18(25)28-19(5,6)7/h12-13,15H,8-11H2,1-7H3,(H,20,23)(H,21,25)/t13-,15-/m0/s1/i/hD. The summed E-state index contributed by atoms with van der Waals surface area (Å²) in [5, 5.41) is 2.95. The van der Waals surface area contributed by atoms with Crippen LogP contribution >= 0.6 is 0 Å². The largest absolute Gasteiger partial charge is 0.466 e. The molecule has 0 bridgehead atoms. The first-order valence-electron chi connectivity index (χ1n) is 9.92. The minimum atomic E-state index is -1.20. The zero-order valence-electron chi connectivity index (χ0n) is 18.9. The van der Waals surface area contributed by atoms with Gasteiger partial charge in [0.25, 0.3) is 0 Å². The molecule has 0 radical (unpaired) electrons. The fourth-order valence-electron chi connectivity index (χ4n) is 2.16. The summed E-state index contributed by atoms with van der Waals surface area (Å²) >= 11 is 0. The quantitative estimate of drug-likeness (QED) is 0.422. The lowest BCUT2D eigenvalue weighted by Crippen LogP contribution is -2.54. The van der Waals surface area contributed by atoms with E-state index >= 15 is 0 Å². The average Bonchev–Trinajstić information content (AvgIpc) is 2.57. The Kier molecular flexibility index (Phi) is 10.3. The smallest absolute Gasteiger partial charge is 0.408 e. The maximum atomic E-state index is 12.8. The summed E-state index contributed by atoms with van der Waals surface area (Å²) in [5.41, 5.74) is -0.832. The summed E-state index contributed by atoms with van der Waals surface area (Å²) in [5.74, 6) is -2.37. The molecule has 0 fully saturated rings. The highest BCUT2D eigenvalue weighted by Crippen LogP contribution is 2.10. The van der Waals surface area contributed by atoms with Gasteiger partial charge in [-0.3, -0.25) is 9.59 Å². The number of alkyl carbamates (subject to hydrolysis) is 1. The van der Waals surface area contributed by atoms with Gasteiger partial charge in [-0.05, 0) is 47.0 Å². The van der Waals surface area contributed by atoms with Crippen molar-refractivity contribution in [1.29, 1.82) is 0 Å². The van der Waals surface area contributed by atoms with E-state index in [1.54, 1.807) is 48.5 Å². The highest BCUT2D eigenvalue weighted by Gasteiger charge is 2.31. The van der Waals surface area contributed by atoms with Crippen LogP contribution in [0.15, 0.2) is 0 Å². The van der Waals surface area contributed by atoms with E-state index in [-0.39, 0.29) is 26.1 Å². The number of nitrogens with one attached hydrogen (secondary N) is 2. The van der Waals surface area contributed by atoms with Crippen molar-refractivity contribution in [2.45, 2.75) is 79.0 Å². The predicted octanol–water partition coefficient (Wildman–Crippen LogP) is 1.93. The minimum Gasteiger partial charge on any atom is -0.466 e. The van der Waals surface area contributed by atoms with Crippen LogP contribution in [0.5, 0.6) is 0 Å². The van der Waals surface area contributed by atoms with Gasteiger partial charge in [0.15, 0.2) is 1.41 Å². The second-order valence-electron chi connectivity index (χ2n) is 7.46. The van der Waals surface area contributed by atoms with Gasteiger partial charge in [0.1, 0.15) is 17.7 Å². The number of hydrogen-bond acceptors (Lipinski definition) is 7. The van der Waals surface area contributed by atoms with Crippen molar-refractivity contribution in [1.82, 2.24) is 10.6 Å². The van der Waals surface area contributed by atoms with Crippen molar-refractivity contribution in [2.24, 2.45) is 5.92 Å². The Morgan fingerprint density at radius 3 is 2.07 bits per heavy atom. The summed E-state index contributed by atoms with van der Waals surface area (Å²) in [6, 6.07) is -2.32. The van der Waals surface area contributed by atoms with Crippen LogP contribution in [0.1, 0.15) is 61.3 Å². The molecule has 2 amide bonds. The van der Waals surface area contributed by atoms with Crippen LogP contribution in [0.25, 0.3) is 0 Å². The molecular formula is C19H34N2O7. The highest BCUT2D eigenvalue weighted by molar-refractivity contribution is 5.90. The summed E-state index contributed by atoms with van der Waals surface area (Å²) in [4.78, 5) is 48.8. The molecule has 0 saturated carbocycles. The number of rotatable bonds is 10. The summed E-state index contributed by atoms with van der Waals surface area (Å²) in [6.45, 7) is 11.8. The number of esters is 2. The Hall–Kier alpha value is -2.32. The summed E-state index contributed by atoms with van der Waals surface area (Å²) < 4.78 is 23.0. The van der Waals surface area contributed by atoms with Gasteiger partial charge in [0.05, 0.1) is 13.2 Å². The second-order valence-corrected chi connectivity index (χ2v) is 7.46. The molecule has 0 heterocycles. The van der Waals surface area contributed by atoms with E-state index in [0.29, 0.717) is 5.31 Å². The molecule has 0 saturated heterocycles. The maximum absolute atomic E-state index is 12.8. The van der Waals surface area contributed by atoms with Gasteiger partial charge in [-0.15, -0.1) is 0 Å². The Morgan fingerprint density at radius 2 is 1.61 bits per heavy atom. The number of hydrogen-bond donors (Lipinski definition) is 2. The fourth-order valence-corrected chi connectivity index (χ4v) is 2.16. The van der Waals surface area contributed by atoms with Gasteiger partial charge in [-0.1, -0.05) is 13.8 Å². The third-order valence-corrected chi connectivity index (χ3v) is 3.37. The normalized spacial score (nSPS) is 13.8. The first kappa shape index (κ1) is 23.7. The van der Waals surface area contributed by atoms with Gasteiger partial charge < -0.3 is 24.8 Å². The SMILES string of the molecule is [2H]N(C(=O)OC(C)(C)C)[C@H](C(=O)N[C@@H](CCC(=O)OCC)C(=O)OCC)C(C)C. The fraction of sp³-hybridized carbons (Fsp3) is 0.789. The molecular weight excluding hydrogens is 368 g/mol. The van der Waals surface area contributed by atoms with Gasteiger partial charge in [0.2, 0.25) is 5.91 Å². The molecule has 2 N–H and O–H groups in total. The van der Waals surface area contributed by atoms with E-state index in [2.05, 4.69) is 5.32 Å². The lowest BCUT2D eigenvalue weighted by Gasteiger charge is -2.26. The molecule has 0 rings (SSSR count). The van der Waals surface area contributed by atoms with Crippen LogP contribution in [0.2, 0.25) is 1.41 Å². The molecule has 9 heteroatoms. The van der Waals surface area contributed by atoms with Gasteiger partial charge in [-0.25, -0.2) is 9.59 Å². The van der Waals surface area contributed by atoms with Crippen molar-refractivity contribution < 1.29 is 34.8 Å². The third-order valence-electron chi connectivity index (χ3n) is 3.37. The highest BCUT2D eigenvalue weighted by atomic mass is 16.6. The van der Waals surface area contributed by atoms with Crippen molar-refractivity contribution in [3.05, 3.63) is 0 Å². The molecule has 0 aromatic carbocycles. The molecule has 0 spiro atoms. The molecule has 162 valence electrons. The molecule has 0 unspecified atom stereocenters. The van der Waals surface area contributed by atoms with Gasteiger partial charge in [0, 0.05) is 6.42 Å². The molecule has 0 aliphatic carbocycles. The molecule has 0 aliphatic rings. The number of carbonyl (C=O) groups excluding carboxylic acids is 4. The zero-order chi connectivity index (χ0) is 22.8. The van der Waals surface area contributed by atoms with Crippen molar-refractivity contribution in [3.8, 4) is 0 Å². The van der Waals surface area contributed by atoms with E-state index in [9.17, 15) is 19.2 Å². The van der Waals surface area contributed by atoms with Crippen LogP contribution in [0, 0.1) is 5.92 Å². The first-order valence-corrected chi connectivity index (χ1v) is 9.47. The van der Waals surface area contributed by atoms with E-state index in [0.717, 1.165) is 0 Å². The molecule has 28 heavy (non-hydrogen) atoms. The van der Waals surface area contributed by atoms with Crippen LogP contribution in [-0.4, -0.2) is 54.8 Å². The summed E-state index contributed by atoms with van der Waals surface area (Å²) in [7, 11) is 0. The zero-order valence-corrected chi connectivity index (χ0v) is 17.9. The molecule has 2 atom stereocenters. The lowest BCUT2D eigenvalue weighted by molar-refractivity contribution is -0.149. The maximum Gasteiger partial charge on any atom is 0.408 e. The van der Waals surface area contributed by atoms with Crippen molar-refractivity contribution >= 4 is 23.9 Å². The Labute approximate surface area is 168 Å². The first-order chi connectivity index (χ1) is 13.3. The predicted molar refractivity (Wildman–Crippen MR) is 102 cm³/mol. The average molecular weight is 403 g/mol. The van der Waals surface area contributed by atoms with Gasteiger partial charge in [-0.2, -0.15) is 0 Å². The third kappa shape index (κ3) is 10.7. The minimum absolute atomic E-state index is 0.0291. The lowest BCUT2D eigenvalue weighted by atomic mass is 10.0. The van der Waals surface area contributed by atoms with Crippen LogP contribution in [0.3, 0.4) is 0 Å². The van der Waals surface area contributed by atoms with Gasteiger partial charge >= 0.3 is 18.0 Å². The van der Waals surface area contributed by atoms with Crippen molar-refractivity contribution in [2.75, 3.05) is 13.2 Å². The molecule has 0 aromatic rings. The van der Waals surface area contributed by atoms with Crippen molar-refractivity contribution in [3.63, 3.8) is 0 Å². The van der Waals surface area contributed by atoms with E-state index in [1.807, 2.05) is 0 Å². The van der Waals surface area contributed by atoms with E-state index in [4.69, 9.17) is 15.6 Å². The topological polar surface area (TPSA) is 120 Å². The number of amides is 2. The molecule has 9 nitrogen and oxygen atoms in total. The monoisotopic (exact) mass is 403 g/mol. The van der Waals surface area contributed by atoms with E-state index < -0.39 is 47.5 Å². The molecule has 0 aromatic heterocycles. The van der Waals surface area contributed by atoms with Crippen LogP contribution in [-0.2, 0) is 28.6 Å². The molecule has 0 aliphatic heterocycles. The number of carbonyl (C=O) groups is 4. The van der Waals surface area contributed by atoms with E-state index in [1.165, 1.54) is 0 Å². The second kappa shape index (κ2) is 12.2. The number of ether oxygens (including phenoxy) is 3. The van der Waals surface area contributed by atoms with Crippen LogP contribution in [0.4, 0.5) is 4.79 Å². The Bertz CT molecular complexity index is 575. The Morgan fingerprint density at radius 1 is 1.04 bits per heavy atom.